The highest BCUT2D eigenvalue weighted by Crippen LogP contribution is 2.20. The van der Waals surface area contributed by atoms with Gasteiger partial charge < -0.3 is 15.5 Å². The minimum Gasteiger partial charge on any atom is -0.354 e. The highest BCUT2D eigenvalue weighted by molar-refractivity contribution is 5.96. The molecule has 1 heterocycles. The average molecular weight is 345 g/mol. The first-order chi connectivity index (χ1) is 11.9. The molecule has 0 bridgehead atoms. The molecule has 1 aliphatic heterocycles. The summed E-state index contributed by atoms with van der Waals surface area (Å²) in [4.78, 5) is 38.0. The van der Waals surface area contributed by atoms with Gasteiger partial charge in [0.1, 0.15) is 0 Å². The molecule has 1 saturated heterocycles. The Balaban J connectivity index is 1.99. The summed E-state index contributed by atoms with van der Waals surface area (Å²) in [6.07, 6.45) is 2.05. The number of hydrogen-bond donors (Lipinski definition) is 2. The monoisotopic (exact) mass is 345 g/mol. The fourth-order valence-corrected chi connectivity index (χ4v) is 2.91. The molecular weight excluding hydrogens is 318 g/mol. The minimum atomic E-state index is -0.150. The normalized spacial score (nSPS) is 17.3. The van der Waals surface area contributed by atoms with Gasteiger partial charge in [0.05, 0.1) is 5.92 Å². The fourth-order valence-electron chi connectivity index (χ4n) is 2.91. The molecule has 0 aromatic heterocycles. The van der Waals surface area contributed by atoms with E-state index in [1.54, 1.807) is 36.1 Å². The van der Waals surface area contributed by atoms with Crippen molar-refractivity contribution < 1.29 is 14.4 Å². The molecule has 1 aliphatic rings. The number of rotatable bonds is 5. The predicted molar refractivity (Wildman–Crippen MR) is 97.3 cm³/mol. The van der Waals surface area contributed by atoms with Crippen molar-refractivity contribution in [2.75, 3.05) is 18.4 Å². The van der Waals surface area contributed by atoms with Crippen molar-refractivity contribution in [3.8, 4) is 0 Å². The van der Waals surface area contributed by atoms with Crippen LogP contribution in [0.2, 0.25) is 0 Å². The van der Waals surface area contributed by atoms with Crippen molar-refractivity contribution in [2.45, 2.75) is 46.1 Å². The third-order valence-corrected chi connectivity index (χ3v) is 4.25. The first-order valence-electron chi connectivity index (χ1n) is 8.90. The largest absolute Gasteiger partial charge is 0.354 e. The van der Waals surface area contributed by atoms with Crippen LogP contribution in [0.4, 0.5) is 5.69 Å². The molecular formula is C19H27N3O3. The number of nitrogens with zero attached hydrogens (tertiary/aromatic N) is 1. The number of piperidine rings is 1. The highest BCUT2D eigenvalue weighted by atomic mass is 16.2. The van der Waals surface area contributed by atoms with E-state index in [2.05, 4.69) is 10.6 Å². The van der Waals surface area contributed by atoms with Crippen LogP contribution in [0.15, 0.2) is 24.3 Å². The van der Waals surface area contributed by atoms with E-state index < -0.39 is 0 Å². The van der Waals surface area contributed by atoms with Gasteiger partial charge in [0.2, 0.25) is 11.8 Å². The van der Waals surface area contributed by atoms with Crippen LogP contribution in [0, 0.1) is 5.92 Å². The number of amides is 3. The molecule has 0 spiro atoms. The number of hydrogen-bond acceptors (Lipinski definition) is 3. The molecule has 0 radical (unpaired) electrons. The fraction of sp³-hybridized carbons (Fsp3) is 0.526. The molecule has 1 aromatic carbocycles. The van der Waals surface area contributed by atoms with Crippen molar-refractivity contribution in [1.82, 2.24) is 10.2 Å². The molecule has 6 heteroatoms. The molecule has 3 amide bonds. The Bertz CT molecular complexity index is 625. The highest BCUT2D eigenvalue weighted by Gasteiger charge is 2.29. The third kappa shape index (κ3) is 5.31. The average Bonchev–Trinajstić information content (AvgIpc) is 2.61. The first-order valence-corrected chi connectivity index (χ1v) is 8.90. The molecule has 1 aromatic rings. The zero-order valence-corrected chi connectivity index (χ0v) is 15.2. The Labute approximate surface area is 149 Å². The maximum absolute atomic E-state index is 12.7. The second kappa shape index (κ2) is 8.65. The standard InChI is InChI=1S/C19H27N3O3/c1-4-17(23)21-16-9-7-14(8-10-16)19(25)22-11-5-6-15(12-22)18(24)20-13(2)3/h7-10,13,15H,4-6,11-12H2,1-3H3,(H,20,24)(H,21,23). The van der Waals surface area contributed by atoms with Crippen LogP contribution in [0.1, 0.15) is 50.4 Å². The van der Waals surface area contributed by atoms with Crippen LogP contribution in [0.5, 0.6) is 0 Å². The zero-order valence-electron chi connectivity index (χ0n) is 15.2. The summed E-state index contributed by atoms with van der Waals surface area (Å²) >= 11 is 0. The van der Waals surface area contributed by atoms with Gasteiger partial charge in [0, 0.05) is 36.8 Å². The van der Waals surface area contributed by atoms with Gasteiger partial charge in [-0.3, -0.25) is 14.4 Å². The quantitative estimate of drug-likeness (QED) is 0.860. The lowest BCUT2D eigenvalue weighted by Gasteiger charge is -2.32. The lowest BCUT2D eigenvalue weighted by molar-refractivity contribution is -0.126. The van der Waals surface area contributed by atoms with Crippen molar-refractivity contribution >= 4 is 23.4 Å². The van der Waals surface area contributed by atoms with Gasteiger partial charge in [-0.15, -0.1) is 0 Å². The van der Waals surface area contributed by atoms with Crippen molar-refractivity contribution in [3.05, 3.63) is 29.8 Å². The van der Waals surface area contributed by atoms with E-state index in [-0.39, 0.29) is 29.7 Å². The maximum atomic E-state index is 12.7. The van der Waals surface area contributed by atoms with Crippen molar-refractivity contribution in [1.29, 1.82) is 0 Å². The van der Waals surface area contributed by atoms with E-state index in [0.29, 0.717) is 30.8 Å². The summed E-state index contributed by atoms with van der Waals surface area (Å²) in [5.74, 6) is -0.266. The predicted octanol–water partition coefficient (Wildman–Crippen LogP) is 2.41. The Morgan fingerprint density at radius 1 is 1.20 bits per heavy atom. The lowest BCUT2D eigenvalue weighted by atomic mass is 9.96. The van der Waals surface area contributed by atoms with Gasteiger partial charge in [-0.1, -0.05) is 6.92 Å². The lowest BCUT2D eigenvalue weighted by Crippen LogP contribution is -2.46. The Hall–Kier alpha value is -2.37. The van der Waals surface area contributed by atoms with E-state index in [9.17, 15) is 14.4 Å². The van der Waals surface area contributed by atoms with Crippen LogP contribution in [-0.4, -0.2) is 41.8 Å². The van der Waals surface area contributed by atoms with Gasteiger partial charge in [0.25, 0.3) is 5.91 Å². The molecule has 1 fully saturated rings. The summed E-state index contributed by atoms with van der Waals surface area (Å²) in [6.45, 7) is 6.77. The molecule has 0 aliphatic carbocycles. The molecule has 25 heavy (non-hydrogen) atoms. The number of anilines is 1. The summed E-state index contributed by atoms with van der Waals surface area (Å²) < 4.78 is 0. The van der Waals surface area contributed by atoms with E-state index in [0.717, 1.165) is 12.8 Å². The molecule has 2 N–H and O–H groups in total. The van der Waals surface area contributed by atoms with E-state index in [4.69, 9.17) is 0 Å². The molecule has 136 valence electrons. The molecule has 1 atom stereocenters. The summed E-state index contributed by atoms with van der Waals surface area (Å²) in [5.41, 5.74) is 1.25. The zero-order chi connectivity index (χ0) is 18.4. The Kier molecular flexibility index (Phi) is 6.56. The van der Waals surface area contributed by atoms with Crippen LogP contribution < -0.4 is 10.6 Å². The number of nitrogens with one attached hydrogen (secondary N) is 2. The summed E-state index contributed by atoms with van der Waals surface area (Å²) in [7, 11) is 0. The second-order valence-electron chi connectivity index (χ2n) is 6.73. The van der Waals surface area contributed by atoms with Gasteiger partial charge in [-0.05, 0) is 51.0 Å². The van der Waals surface area contributed by atoms with Crippen LogP contribution in [0.25, 0.3) is 0 Å². The van der Waals surface area contributed by atoms with Gasteiger partial charge in [0.15, 0.2) is 0 Å². The van der Waals surface area contributed by atoms with Gasteiger partial charge in [-0.25, -0.2) is 0 Å². The Morgan fingerprint density at radius 2 is 1.88 bits per heavy atom. The second-order valence-corrected chi connectivity index (χ2v) is 6.73. The van der Waals surface area contributed by atoms with Crippen LogP contribution in [0.3, 0.4) is 0 Å². The van der Waals surface area contributed by atoms with Crippen molar-refractivity contribution in [2.24, 2.45) is 5.92 Å². The molecule has 6 nitrogen and oxygen atoms in total. The summed E-state index contributed by atoms with van der Waals surface area (Å²) in [5, 5.41) is 5.69. The maximum Gasteiger partial charge on any atom is 0.253 e. The van der Waals surface area contributed by atoms with E-state index >= 15 is 0 Å². The number of carbonyl (C=O) groups excluding carboxylic acids is 3. The first kappa shape index (κ1) is 19.0. The van der Waals surface area contributed by atoms with Gasteiger partial charge >= 0.3 is 0 Å². The molecule has 0 saturated carbocycles. The number of likely N-dealkylation sites (tertiary alicyclic amines) is 1. The minimum absolute atomic E-state index is 0.0186. The summed E-state index contributed by atoms with van der Waals surface area (Å²) in [6, 6.07) is 6.99. The number of benzene rings is 1. The van der Waals surface area contributed by atoms with E-state index in [1.165, 1.54) is 0 Å². The third-order valence-electron chi connectivity index (χ3n) is 4.25. The molecule has 1 unspecified atom stereocenters. The smallest absolute Gasteiger partial charge is 0.253 e. The van der Waals surface area contributed by atoms with Crippen LogP contribution >= 0.6 is 0 Å². The van der Waals surface area contributed by atoms with Crippen LogP contribution in [-0.2, 0) is 9.59 Å². The van der Waals surface area contributed by atoms with E-state index in [1.807, 2.05) is 13.8 Å². The SMILES string of the molecule is CCC(=O)Nc1ccc(C(=O)N2CCCC(C(=O)NC(C)C)C2)cc1. The van der Waals surface area contributed by atoms with Gasteiger partial charge in [-0.2, -0.15) is 0 Å². The number of carbonyl (C=O) groups is 3. The Morgan fingerprint density at radius 3 is 2.48 bits per heavy atom. The molecule has 2 rings (SSSR count). The topological polar surface area (TPSA) is 78.5 Å². The van der Waals surface area contributed by atoms with Crippen molar-refractivity contribution in [3.63, 3.8) is 0 Å².